The Morgan fingerprint density at radius 1 is 0.906 bits per heavy atom. The molecule has 3 N–H and O–H groups in total. The molecule has 0 fully saturated rings. The van der Waals surface area contributed by atoms with Crippen LogP contribution in [0.2, 0.25) is 0 Å². The lowest BCUT2D eigenvalue weighted by molar-refractivity contribution is -0.114. The molecule has 3 aromatic carbocycles. The first-order chi connectivity index (χ1) is 15.5. The summed E-state index contributed by atoms with van der Waals surface area (Å²) in [6.45, 7) is 4.03. The van der Waals surface area contributed by atoms with Gasteiger partial charge in [0.25, 0.3) is 5.91 Å². The molecular formula is C26H26N4O2. The van der Waals surface area contributed by atoms with Crippen molar-refractivity contribution in [3.63, 3.8) is 0 Å². The van der Waals surface area contributed by atoms with E-state index in [9.17, 15) is 9.59 Å². The van der Waals surface area contributed by atoms with E-state index in [1.54, 1.807) is 6.07 Å². The Morgan fingerprint density at radius 3 is 2.34 bits per heavy atom. The quantitative estimate of drug-likeness (QED) is 0.405. The van der Waals surface area contributed by atoms with Crippen LogP contribution in [0.4, 0.5) is 5.69 Å². The van der Waals surface area contributed by atoms with Gasteiger partial charge in [-0.1, -0.05) is 42.0 Å². The SMILES string of the molecule is CC(=O)Nc1ccc(CCc2nc3ccc(C(=O)NCc4ccc(C)cc4)cc3[nH]2)cc1. The number of carbonyl (C=O) groups excluding carboxylic acids is 2. The highest BCUT2D eigenvalue weighted by atomic mass is 16.2. The van der Waals surface area contributed by atoms with E-state index in [4.69, 9.17) is 0 Å². The van der Waals surface area contributed by atoms with Crippen LogP contribution in [0.3, 0.4) is 0 Å². The summed E-state index contributed by atoms with van der Waals surface area (Å²) in [5, 5.41) is 5.74. The fraction of sp³-hybridized carbons (Fsp3) is 0.192. The molecule has 6 nitrogen and oxygen atoms in total. The lowest BCUT2D eigenvalue weighted by Gasteiger charge is -2.06. The zero-order valence-corrected chi connectivity index (χ0v) is 18.2. The van der Waals surface area contributed by atoms with Gasteiger partial charge in [0.05, 0.1) is 11.0 Å². The largest absolute Gasteiger partial charge is 0.348 e. The van der Waals surface area contributed by atoms with Gasteiger partial charge >= 0.3 is 0 Å². The number of hydrogen-bond donors (Lipinski definition) is 3. The van der Waals surface area contributed by atoms with Crippen LogP contribution in [0, 0.1) is 6.92 Å². The normalized spacial score (nSPS) is 10.8. The number of nitrogens with zero attached hydrogens (tertiary/aromatic N) is 1. The molecule has 0 aliphatic carbocycles. The summed E-state index contributed by atoms with van der Waals surface area (Å²) >= 11 is 0. The number of nitrogens with one attached hydrogen (secondary N) is 3. The highest BCUT2D eigenvalue weighted by molar-refractivity contribution is 5.97. The maximum atomic E-state index is 12.6. The standard InChI is InChI=1S/C26H26N4O2/c1-17-3-5-20(6-4-17)16-27-26(32)21-10-13-23-24(15-21)30-25(29-23)14-9-19-7-11-22(12-8-19)28-18(2)31/h3-8,10-13,15H,9,14,16H2,1-2H3,(H,27,32)(H,28,31)(H,29,30). The van der Waals surface area contributed by atoms with Crippen molar-refractivity contribution in [3.05, 3.63) is 94.8 Å². The van der Waals surface area contributed by atoms with E-state index in [1.807, 2.05) is 67.6 Å². The lowest BCUT2D eigenvalue weighted by Crippen LogP contribution is -2.22. The van der Waals surface area contributed by atoms with Crippen molar-refractivity contribution >= 4 is 28.5 Å². The van der Waals surface area contributed by atoms with Crippen LogP contribution in [0.5, 0.6) is 0 Å². The molecule has 2 amide bonds. The van der Waals surface area contributed by atoms with Gasteiger partial charge in [-0.3, -0.25) is 9.59 Å². The molecule has 0 atom stereocenters. The van der Waals surface area contributed by atoms with Gasteiger partial charge in [0.15, 0.2) is 0 Å². The van der Waals surface area contributed by atoms with Crippen molar-refractivity contribution < 1.29 is 9.59 Å². The minimum absolute atomic E-state index is 0.0803. The summed E-state index contributed by atoms with van der Waals surface area (Å²) in [5.41, 5.74) is 6.52. The molecule has 32 heavy (non-hydrogen) atoms. The van der Waals surface area contributed by atoms with Gasteiger partial charge < -0.3 is 15.6 Å². The minimum atomic E-state index is -0.108. The maximum Gasteiger partial charge on any atom is 0.251 e. The van der Waals surface area contributed by atoms with Crippen molar-refractivity contribution in [2.45, 2.75) is 33.2 Å². The molecular weight excluding hydrogens is 400 g/mol. The first-order valence-electron chi connectivity index (χ1n) is 10.7. The first kappa shape index (κ1) is 21.3. The number of imidazole rings is 1. The van der Waals surface area contributed by atoms with E-state index in [2.05, 4.69) is 20.6 Å². The van der Waals surface area contributed by atoms with Crippen LogP contribution in [-0.4, -0.2) is 21.8 Å². The Balaban J connectivity index is 1.37. The molecule has 1 aromatic heterocycles. The van der Waals surface area contributed by atoms with E-state index in [0.29, 0.717) is 12.1 Å². The highest BCUT2D eigenvalue weighted by Gasteiger charge is 2.09. The van der Waals surface area contributed by atoms with Crippen molar-refractivity contribution in [1.29, 1.82) is 0 Å². The molecule has 0 aliphatic heterocycles. The Kier molecular flexibility index (Phi) is 6.31. The van der Waals surface area contributed by atoms with Crippen LogP contribution in [-0.2, 0) is 24.2 Å². The smallest absolute Gasteiger partial charge is 0.251 e. The predicted octanol–water partition coefficient (Wildman–Crippen LogP) is 4.54. The van der Waals surface area contributed by atoms with Gasteiger partial charge in [-0.25, -0.2) is 4.98 Å². The number of hydrogen-bond acceptors (Lipinski definition) is 3. The van der Waals surface area contributed by atoms with Gasteiger partial charge in [0, 0.05) is 31.1 Å². The summed E-state index contributed by atoms with van der Waals surface area (Å²) in [7, 11) is 0. The van der Waals surface area contributed by atoms with E-state index in [1.165, 1.54) is 12.5 Å². The number of anilines is 1. The molecule has 6 heteroatoms. The number of fused-ring (bicyclic) bond motifs is 1. The number of H-pyrrole nitrogens is 1. The number of aromatic nitrogens is 2. The molecule has 0 radical (unpaired) electrons. The molecule has 0 spiro atoms. The minimum Gasteiger partial charge on any atom is -0.348 e. The summed E-state index contributed by atoms with van der Waals surface area (Å²) in [5.74, 6) is 0.689. The third kappa shape index (κ3) is 5.40. The van der Waals surface area contributed by atoms with Crippen LogP contribution < -0.4 is 10.6 Å². The van der Waals surface area contributed by atoms with E-state index in [0.717, 1.165) is 46.5 Å². The van der Waals surface area contributed by atoms with Crippen LogP contribution >= 0.6 is 0 Å². The van der Waals surface area contributed by atoms with Gasteiger partial charge in [-0.05, 0) is 54.8 Å². The number of amides is 2. The second-order valence-electron chi connectivity index (χ2n) is 7.96. The molecule has 1 heterocycles. The monoisotopic (exact) mass is 426 g/mol. The Hall–Kier alpha value is -3.93. The third-order valence-electron chi connectivity index (χ3n) is 5.29. The number of rotatable bonds is 7. The number of aryl methyl sites for hydroxylation is 3. The molecule has 0 aliphatic rings. The Bertz CT molecular complexity index is 1240. The summed E-state index contributed by atoms with van der Waals surface area (Å²) in [6.07, 6.45) is 1.58. The first-order valence-corrected chi connectivity index (χ1v) is 10.7. The molecule has 162 valence electrons. The van der Waals surface area contributed by atoms with Crippen LogP contribution in [0.1, 0.15) is 39.8 Å². The third-order valence-corrected chi connectivity index (χ3v) is 5.29. The van der Waals surface area contributed by atoms with Crippen molar-refractivity contribution in [1.82, 2.24) is 15.3 Å². The van der Waals surface area contributed by atoms with Crippen molar-refractivity contribution in [3.8, 4) is 0 Å². The van der Waals surface area contributed by atoms with E-state index in [-0.39, 0.29) is 11.8 Å². The molecule has 0 bridgehead atoms. The van der Waals surface area contributed by atoms with Crippen molar-refractivity contribution in [2.24, 2.45) is 0 Å². The second kappa shape index (κ2) is 9.47. The zero-order chi connectivity index (χ0) is 22.5. The second-order valence-corrected chi connectivity index (χ2v) is 7.96. The van der Waals surface area contributed by atoms with Gasteiger partial charge in [0.1, 0.15) is 5.82 Å². The molecule has 0 saturated carbocycles. The van der Waals surface area contributed by atoms with Crippen molar-refractivity contribution in [2.75, 3.05) is 5.32 Å². The fourth-order valence-electron chi connectivity index (χ4n) is 3.53. The average Bonchev–Trinajstić information content (AvgIpc) is 3.20. The average molecular weight is 427 g/mol. The number of carbonyl (C=O) groups is 2. The highest BCUT2D eigenvalue weighted by Crippen LogP contribution is 2.16. The van der Waals surface area contributed by atoms with E-state index >= 15 is 0 Å². The van der Waals surface area contributed by atoms with Gasteiger partial charge in [0.2, 0.25) is 5.91 Å². The topological polar surface area (TPSA) is 86.9 Å². The fourth-order valence-corrected chi connectivity index (χ4v) is 3.53. The molecule has 0 saturated heterocycles. The predicted molar refractivity (Wildman–Crippen MR) is 127 cm³/mol. The number of benzene rings is 3. The summed E-state index contributed by atoms with van der Waals surface area (Å²) in [6, 6.07) is 21.5. The zero-order valence-electron chi connectivity index (χ0n) is 18.2. The van der Waals surface area contributed by atoms with Gasteiger partial charge in [-0.15, -0.1) is 0 Å². The molecule has 4 rings (SSSR count). The Labute approximate surface area is 187 Å². The van der Waals surface area contributed by atoms with Crippen LogP contribution in [0.15, 0.2) is 66.7 Å². The lowest BCUT2D eigenvalue weighted by atomic mass is 10.1. The maximum absolute atomic E-state index is 12.6. The van der Waals surface area contributed by atoms with Gasteiger partial charge in [-0.2, -0.15) is 0 Å². The summed E-state index contributed by atoms with van der Waals surface area (Å²) < 4.78 is 0. The Morgan fingerprint density at radius 2 is 1.62 bits per heavy atom. The molecule has 0 unspecified atom stereocenters. The van der Waals surface area contributed by atoms with Crippen LogP contribution in [0.25, 0.3) is 11.0 Å². The number of aromatic amines is 1. The summed E-state index contributed by atoms with van der Waals surface area (Å²) in [4.78, 5) is 31.7. The van der Waals surface area contributed by atoms with E-state index < -0.39 is 0 Å². The molecule has 4 aromatic rings.